The standard InChI is InChI=1S/C41H53FO7/c1-4-6-8-10-11-12-13-14-15-17-29-46-34-23-19-32(20-24-34)39(43)48-35-25-21-33(22-26-35)40(44)49-36-27-28-37(38(42)30-36)41(45)47-31(3)18-16-9-7-5-2/h19-28,30-31H,4-18,29H2,1-3H3. The summed E-state index contributed by atoms with van der Waals surface area (Å²) in [6, 6.07) is 16.2. The minimum atomic E-state index is -0.843. The Morgan fingerprint density at radius 1 is 0.571 bits per heavy atom. The van der Waals surface area contributed by atoms with Crippen molar-refractivity contribution in [2.75, 3.05) is 6.61 Å². The Kier molecular flexibility index (Phi) is 18.0. The van der Waals surface area contributed by atoms with E-state index in [9.17, 15) is 18.8 Å². The number of unbranched alkanes of at least 4 members (excludes halogenated alkanes) is 12. The highest BCUT2D eigenvalue weighted by Gasteiger charge is 2.18. The molecule has 1 atom stereocenters. The van der Waals surface area contributed by atoms with Crippen molar-refractivity contribution in [1.29, 1.82) is 0 Å². The first-order valence-electron chi connectivity index (χ1n) is 18.1. The Labute approximate surface area is 291 Å². The van der Waals surface area contributed by atoms with Crippen LogP contribution in [-0.2, 0) is 4.74 Å². The van der Waals surface area contributed by atoms with Crippen molar-refractivity contribution >= 4 is 17.9 Å². The van der Waals surface area contributed by atoms with Crippen LogP contribution in [0.25, 0.3) is 0 Å². The molecule has 1 unspecified atom stereocenters. The van der Waals surface area contributed by atoms with Crippen LogP contribution in [0.3, 0.4) is 0 Å². The van der Waals surface area contributed by atoms with Crippen molar-refractivity contribution in [3.05, 3.63) is 89.2 Å². The molecule has 3 aromatic carbocycles. The number of esters is 3. The van der Waals surface area contributed by atoms with E-state index in [0.717, 1.165) is 44.6 Å². The second kappa shape index (κ2) is 22.4. The summed E-state index contributed by atoms with van der Waals surface area (Å²) < 4.78 is 36.6. The van der Waals surface area contributed by atoms with Gasteiger partial charge in [-0.2, -0.15) is 0 Å². The lowest BCUT2D eigenvalue weighted by Crippen LogP contribution is -2.16. The first-order chi connectivity index (χ1) is 23.8. The van der Waals surface area contributed by atoms with Crippen LogP contribution in [-0.4, -0.2) is 30.6 Å². The molecule has 0 aliphatic rings. The molecule has 0 heterocycles. The number of halogens is 1. The van der Waals surface area contributed by atoms with Gasteiger partial charge in [0.1, 0.15) is 23.1 Å². The number of hydrogen-bond acceptors (Lipinski definition) is 7. The van der Waals surface area contributed by atoms with Crippen molar-refractivity contribution in [1.82, 2.24) is 0 Å². The summed E-state index contributed by atoms with van der Waals surface area (Å²) in [5, 5.41) is 0. The molecule has 0 N–H and O–H groups in total. The predicted molar refractivity (Wildman–Crippen MR) is 190 cm³/mol. The lowest BCUT2D eigenvalue weighted by atomic mass is 10.1. The van der Waals surface area contributed by atoms with Gasteiger partial charge in [-0.15, -0.1) is 0 Å². The third-order valence-electron chi connectivity index (χ3n) is 8.30. The quantitative estimate of drug-likeness (QED) is 0.0561. The number of carbonyl (C=O) groups excluding carboxylic acids is 3. The van der Waals surface area contributed by atoms with E-state index in [0.29, 0.717) is 24.3 Å². The van der Waals surface area contributed by atoms with Crippen LogP contribution in [0.15, 0.2) is 66.7 Å². The molecule has 3 aromatic rings. The van der Waals surface area contributed by atoms with Gasteiger partial charge in [-0.05, 0) is 86.8 Å². The van der Waals surface area contributed by atoms with Crippen LogP contribution in [0.2, 0.25) is 0 Å². The number of carbonyl (C=O) groups is 3. The zero-order valence-electron chi connectivity index (χ0n) is 29.5. The topological polar surface area (TPSA) is 88.1 Å². The molecule has 0 fully saturated rings. The molecule has 266 valence electrons. The minimum absolute atomic E-state index is 0.0573. The van der Waals surface area contributed by atoms with Gasteiger partial charge in [0, 0.05) is 6.07 Å². The summed E-state index contributed by atoms with van der Waals surface area (Å²) in [5.74, 6) is -1.99. The van der Waals surface area contributed by atoms with E-state index < -0.39 is 23.7 Å². The van der Waals surface area contributed by atoms with Gasteiger partial charge in [0.2, 0.25) is 0 Å². The maximum absolute atomic E-state index is 14.7. The lowest BCUT2D eigenvalue weighted by Gasteiger charge is -2.14. The second-order valence-corrected chi connectivity index (χ2v) is 12.6. The average molecular weight is 677 g/mol. The molecule has 0 saturated heterocycles. The predicted octanol–water partition coefficient (Wildman–Crippen LogP) is 11.1. The molecule has 0 aliphatic carbocycles. The Bertz CT molecular complexity index is 1420. The molecule has 0 aliphatic heterocycles. The molecule has 0 aromatic heterocycles. The summed E-state index contributed by atoms with van der Waals surface area (Å²) in [5.41, 5.74) is 0.313. The maximum Gasteiger partial charge on any atom is 0.343 e. The Morgan fingerprint density at radius 2 is 1.04 bits per heavy atom. The molecule has 0 amide bonds. The fourth-order valence-electron chi connectivity index (χ4n) is 5.35. The highest BCUT2D eigenvalue weighted by molar-refractivity contribution is 5.93. The molecule has 0 saturated carbocycles. The van der Waals surface area contributed by atoms with Crippen LogP contribution < -0.4 is 14.2 Å². The lowest BCUT2D eigenvalue weighted by molar-refractivity contribution is 0.0314. The van der Waals surface area contributed by atoms with Gasteiger partial charge in [-0.3, -0.25) is 0 Å². The van der Waals surface area contributed by atoms with Gasteiger partial charge >= 0.3 is 17.9 Å². The van der Waals surface area contributed by atoms with E-state index in [1.807, 2.05) is 0 Å². The first kappa shape index (κ1) is 39.2. The van der Waals surface area contributed by atoms with E-state index >= 15 is 0 Å². The van der Waals surface area contributed by atoms with E-state index in [4.69, 9.17) is 18.9 Å². The first-order valence-corrected chi connectivity index (χ1v) is 18.1. The van der Waals surface area contributed by atoms with E-state index in [-0.39, 0.29) is 28.7 Å². The molecule has 8 heteroatoms. The van der Waals surface area contributed by atoms with Crippen LogP contribution in [0.1, 0.15) is 148 Å². The summed E-state index contributed by atoms with van der Waals surface area (Å²) in [4.78, 5) is 37.7. The normalized spacial score (nSPS) is 11.5. The maximum atomic E-state index is 14.7. The van der Waals surface area contributed by atoms with Crippen molar-refractivity contribution < 1.29 is 37.7 Å². The van der Waals surface area contributed by atoms with Crippen molar-refractivity contribution in [3.8, 4) is 17.2 Å². The summed E-state index contributed by atoms with van der Waals surface area (Å²) in [6.45, 7) is 6.80. The van der Waals surface area contributed by atoms with Crippen LogP contribution in [0.4, 0.5) is 4.39 Å². The van der Waals surface area contributed by atoms with E-state index in [1.54, 1.807) is 31.2 Å². The fraction of sp³-hybridized carbons (Fsp3) is 0.488. The summed E-state index contributed by atoms with van der Waals surface area (Å²) in [6.07, 6.45) is 17.3. The summed E-state index contributed by atoms with van der Waals surface area (Å²) >= 11 is 0. The van der Waals surface area contributed by atoms with Gasteiger partial charge < -0.3 is 18.9 Å². The highest BCUT2D eigenvalue weighted by Crippen LogP contribution is 2.22. The Balaban J connectivity index is 1.38. The van der Waals surface area contributed by atoms with Gasteiger partial charge in [0.25, 0.3) is 0 Å². The SMILES string of the molecule is CCCCCCCCCCCCOc1ccc(C(=O)Oc2ccc(C(=O)Oc3ccc(C(=O)OC(C)CCCCCC)c(F)c3)cc2)cc1. The number of rotatable bonds is 23. The third kappa shape index (κ3) is 14.8. The Morgan fingerprint density at radius 3 is 1.59 bits per heavy atom. The van der Waals surface area contributed by atoms with Crippen molar-refractivity contribution in [2.24, 2.45) is 0 Å². The molecular weight excluding hydrogens is 623 g/mol. The van der Waals surface area contributed by atoms with Gasteiger partial charge in [-0.1, -0.05) is 90.9 Å². The van der Waals surface area contributed by atoms with Gasteiger partial charge in [-0.25, -0.2) is 18.8 Å². The highest BCUT2D eigenvalue weighted by atomic mass is 19.1. The van der Waals surface area contributed by atoms with Gasteiger partial charge in [0.05, 0.1) is 29.4 Å². The van der Waals surface area contributed by atoms with Crippen LogP contribution in [0.5, 0.6) is 17.2 Å². The number of benzene rings is 3. The molecular formula is C41H53FO7. The number of ether oxygens (including phenoxy) is 4. The van der Waals surface area contributed by atoms with Crippen LogP contribution >= 0.6 is 0 Å². The summed E-state index contributed by atoms with van der Waals surface area (Å²) in [7, 11) is 0. The molecule has 49 heavy (non-hydrogen) atoms. The zero-order valence-corrected chi connectivity index (χ0v) is 29.5. The molecule has 3 rings (SSSR count). The monoisotopic (exact) mass is 676 g/mol. The van der Waals surface area contributed by atoms with Gasteiger partial charge in [0.15, 0.2) is 0 Å². The molecule has 0 bridgehead atoms. The second-order valence-electron chi connectivity index (χ2n) is 12.6. The molecule has 0 radical (unpaired) electrons. The minimum Gasteiger partial charge on any atom is -0.494 e. The van der Waals surface area contributed by atoms with Crippen molar-refractivity contribution in [2.45, 2.75) is 123 Å². The molecule has 7 nitrogen and oxygen atoms in total. The fourth-order valence-corrected chi connectivity index (χ4v) is 5.35. The van der Waals surface area contributed by atoms with E-state index in [1.165, 1.54) is 87.8 Å². The third-order valence-corrected chi connectivity index (χ3v) is 8.30. The Hall–Kier alpha value is -4.20. The van der Waals surface area contributed by atoms with Crippen LogP contribution in [0, 0.1) is 5.82 Å². The largest absolute Gasteiger partial charge is 0.494 e. The van der Waals surface area contributed by atoms with E-state index in [2.05, 4.69) is 13.8 Å². The average Bonchev–Trinajstić information content (AvgIpc) is 3.09. The smallest absolute Gasteiger partial charge is 0.343 e. The van der Waals surface area contributed by atoms with Crippen molar-refractivity contribution in [3.63, 3.8) is 0 Å². The zero-order chi connectivity index (χ0) is 35.3. The number of hydrogen-bond donors (Lipinski definition) is 0. The molecule has 0 spiro atoms.